The lowest BCUT2D eigenvalue weighted by atomic mass is 10.1. The first-order chi connectivity index (χ1) is 17.6. The summed E-state index contributed by atoms with van der Waals surface area (Å²) < 4.78 is 39.8. The molecule has 0 saturated carbocycles. The number of carbonyl (C=O) groups is 1. The number of hydrogen-bond acceptors (Lipinski definition) is 6. The number of alkyl halides is 3. The van der Waals surface area contributed by atoms with Crippen molar-refractivity contribution in [3.8, 4) is 0 Å². The van der Waals surface area contributed by atoms with Crippen LogP contribution in [0.15, 0.2) is 42.5 Å². The molecule has 38 heavy (non-hydrogen) atoms. The first kappa shape index (κ1) is 29.5. The number of carbonyl (C=O) groups excluding carboxylic acids is 1. The molecule has 2 aromatic rings. The SMILES string of the molecule is C.O=C(CCN1CCCN(c2ccc(Cl)cc2)CC1)N1CC[C@H](Nc2ccc([N+](=O)[O-])c(C(F)(F)F)c2)C1. The molecule has 4 rings (SSSR count). The van der Waals surface area contributed by atoms with E-state index in [1.54, 1.807) is 4.90 Å². The summed E-state index contributed by atoms with van der Waals surface area (Å²) in [5.74, 6) is 0.0165. The normalized spacial score (nSPS) is 18.6. The summed E-state index contributed by atoms with van der Waals surface area (Å²) in [5, 5.41) is 14.7. The van der Waals surface area contributed by atoms with Crippen LogP contribution in [-0.2, 0) is 11.0 Å². The van der Waals surface area contributed by atoms with E-state index in [0.717, 1.165) is 50.4 Å². The van der Waals surface area contributed by atoms with Crippen molar-refractivity contribution < 1.29 is 22.9 Å². The largest absolute Gasteiger partial charge is 0.423 e. The molecular formula is C26H33ClF3N5O3. The minimum absolute atomic E-state index is 0. The van der Waals surface area contributed by atoms with Crippen molar-refractivity contribution in [3.63, 3.8) is 0 Å². The second-order valence-electron chi connectivity index (χ2n) is 9.37. The molecule has 8 nitrogen and oxygen atoms in total. The highest BCUT2D eigenvalue weighted by Crippen LogP contribution is 2.37. The third-order valence-corrected chi connectivity index (χ3v) is 7.08. The molecule has 2 heterocycles. The quantitative estimate of drug-likeness (QED) is 0.358. The summed E-state index contributed by atoms with van der Waals surface area (Å²) in [6.07, 6.45) is -2.88. The fraction of sp³-hybridized carbons (Fsp3) is 0.500. The van der Waals surface area contributed by atoms with Gasteiger partial charge in [0.2, 0.25) is 5.91 Å². The van der Waals surface area contributed by atoms with Gasteiger partial charge in [-0.05, 0) is 55.8 Å². The Balaban J connectivity index is 0.00000400. The summed E-state index contributed by atoms with van der Waals surface area (Å²) in [6, 6.07) is 10.5. The smallest absolute Gasteiger partial charge is 0.380 e. The Morgan fingerprint density at radius 2 is 1.82 bits per heavy atom. The molecule has 2 aromatic carbocycles. The van der Waals surface area contributed by atoms with E-state index < -0.39 is 22.4 Å². The molecule has 2 aliphatic rings. The summed E-state index contributed by atoms with van der Waals surface area (Å²) >= 11 is 5.99. The van der Waals surface area contributed by atoms with Gasteiger partial charge in [-0.2, -0.15) is 13.2 Å². The Morgan fingerprint density at radius 3 is 2.50 bits per heavy atom. The van der Waals surface area contributed by atoms with Gasteiger partial charge in [-0.3, -0.25) is 14.9 Å². The van der Waals surface area contributed by atoms with Crippen molar-refractivity contribution in [3.05, 3.63) is 63.2 Å². The summed E-state index contributed by atoms with van der Waals surface area (Å²) in [5.41, 5.74) is -0.994. The third kappa shape index (κ3) is 7.50. The van der Waals surface area contributed by atoms with Crippen molar-refractivity contribution >= 4 is 34.6 Å². The minimum Gasteiger partial charge on any atom is -0.380 e. The van der Waals surface area contributed by atoms with Gasteiger partial charge in [-0.25, -0.2) is 0 Å². The van der Waals surface area contributed by atoms with Crippen LogP contribution >= 0.6 is 11.6 Å². The van der Waals surface area contributed by atoms with Crippen molar-refractivity contribution in [1.29, 1.82) is 0 Å². The average molecular weight is 556 g/mol. The summed E-state index contributed by atoms with van der Waals surface area (Å²) in [6.45, 7) is 5.09. The Kier molecular flexibility index (Phi) is 9.83. The standard InChI is InChI=1S/C25H29ClF3N5O3.CH4/c26-18-2-5-21(6-3-18)32-11-1-10-31(14-15-32)12-9-24(35)33-13-8-20(17-33)30-19-4-7-23(34(36)37)22(16-19)25(27,28)29;/h2-7,16,20,30H,1,8-15,17H2;1H4/t20-;/m0./s1. The van der Waals surface area contributed by atoms with Gasteiger partial charge in [0.1, 0.15) is 5.56 Å². The van der Waals surface area contributed by atoms with E-state index in [4.69, 9.17) is 11.6 Å². The monoisotopic (exact) mass is 555 g/mol. The second kappa shape index (κ2) is 12.7. The maximum Gasteiger partial charge on any atom is 0.423 e. The number of nitrogens with one attached hydrogen (secondary N) is 1. The molecule has 1 atom stereocenters. The number of halogens is 4. The molecule has 2 saturated heterocycles. The number of rotatable bonds is 7. The van der Waals surface area contributed by atoms with Crippen LogP contribution in [0.3, 0.4) is 0 Å². The number of benzene rings is 2. The minimum atomic E-state index is -4.84. The topological polar surface area (TPSA) is 82.0 Å². The highest BCUT2D eigenvalue weighted by atomic mass is 35.5. The van der Waals surface area contributed by atoms with Crippen molar-refractivity contribution in [2.75, 3.05) is 56.0 Å². The number of anilines is 2. The fourth-order valence-electron chi connectivity index (χ4n) is 4.87. The number of nitro benzene ring substituents is 1. The lowest BCUT2D eigenvalue weighted by Gasteiger charge is -2.24. The molecular weight excluding hydrogens is 523 g/mol. The zero-order valence-electron chi connectivity index (χ0n) is 20.2. The van der Waals surface area contributed by atoms with Crippen LogP contribution in [0.4, 0.5) is 30.2 Å². The van der Waals surface area contributed by atoms with Crippen LogP contribution in [0.1, 0.15) is 32.3 Å². The van der Waals surface area contributed by atoms with Gasteiger partial charge in [0.05, 0.1) is 4.92 Å². The number of amides is 1. The van der Waals surface area contributed by atoms with Gasteiger partial charge in [0, 0.05) is 74.2 Å². The molecule has 208 valence electrons. The van der Waals surface area contributed by atoms with E-state index in [9.17, 15) is 28.1 Å². The van der Waals surface area contributed by atoms with Crippen molar-refractivity contribution in [2.24, 2.45) is 0 Å². The zero-order chi connectivity index (χ0) is 26.6. The molecule has 0 aliphatic carbocycles. The van der Waals surface area contributed by atoms with Gasteiger partial charge in [-0.15, -0.1) is 0 Å². The van der Waals surface area contributed by atoms with Gasteiger partial charge in [0.15, 0.2) is 0 Å². The Hall–Kier alpha value is -3.05. The Morgan fingerprint density at radius 1 is 1.08 bits per heavy atom. The second-order valence-corrected chi connectivity index (χ2v) is 9.80. The molecule has 0 bridgehead atoms. The van der Waals surface area contributed by atoms with E-state index in [1.165, 1.54) is 6.07 Å². The van der Waals surface area contributed by atoms with Gasteiger partial charge < -0.3 is 20.0 Å². The Labute approximate surface area is 225 Å². The zero-order valence-corrected chi connectivity index (χ0v) is 21.0. The van der Waals surface area contributed by atoms with Gasteiger partial charge in [0.25, 0.3) is 5.69 Å². The lowest BCUT2D eigenvalue weighted by Crippen LogP contribution is -2.36. The summed E-state index contributed by atoms with van der Waals surface area (Å²) in [7, 11) is 0. The summed E-state index contributed by atoms with van der Waals surface area (Å²) in [4.78, 5) is 29.1. The maximum atomic E-state index is 13.3. The molecule has 0 unspecified atom stereocenters. The van der Waals surface area contributed by atoms with Crippen LogP contribution in [0.25, 0.3) is 0 Å². The van der Waals surface area contributed by atoms with Crippen LogP contribution in [0.2, 0.25) is 5.02 Å². The highest BCUT2D eigenvalue weighted by molar-refractivity contribution is 6.30. The molecule has 12 heteroatoms. The van der Waals surface area contributed by atoms with Crippen molar-refractivity contribution in [1.82, 2.24) is 9.80 Å². The van der Waals surface area contributed by atoms with Crippen LogP contribution in [0, 0.1) is 10.1 Å². The van der Waals surface area contributed by atoms with Crippen LogP contribution in [0.5, 0.6) is 0 Å². The van der Waals surface area contributed by atoms with E-state index in [2.05, 4.69) is 15.1 Å². The molecule has 0 radical (unpaired) electrons. The first-order valence-electron chi connectivity index (χ1n) is 12.2. The van der Waals surface area contributed by atoms with E-state index in [1.807, 2.05) is 24.3 Å². The first-order valence-corrected chi connectivity index (χ1v) is 12.6. The average Bonchev–Trinajstić information content (AvgIpc) is 3.19. The van der Waals surface area contributed by atoms with Crippen molar-refractivity contribution in [2.45, 2.75) is 38.9 Å². The van der Waals surface area contributed by atoms with E-state index in [0.29, 0.717) is 37.5 Å². The highest BCUT2D eigenvalue weighted by Gasteiger charge is 2.38. The molecule has 1 N–H and O–H groups in total. The van der Waals surface area contributed by atoms with Gasteiger partial charge in [-0.1, -0.05) is 19.0 Å². The van der Waals surface area contributed by atoms with E-state index >= 15 is 0 Å². The lowest BCUT2D eigenvalue weighted by molar-refractivity contribution is -0.388. The number of likely N-dealkylation sites (tertiary alicyclic amines) is 1. The van der Waals surface area contributed by atoms with Crippen LogP contribution in [-0.4, -0.2) is 72.5 Å². The number of nitrogens with zero attached hydrogens (tertiary/aromatic N) is 4. The predicted molar refractivity (Wildman–Crippen MR) is 143 cm³/mol. The van der Waals surface area contributed by atoms with Gasteiger partial charge >= 0.3 is 6.18 Å². The fourth-order valence-corrected chi connectivity index (χ4v) is 4.99. The molecule has 1 amide bonds. The molecule has 0 spiro atoms. The van der Waals surface area contributed by atoms with Crippen LogP contribution < -0.4 is 10.2 Å². The predicted octanol–water partition coefficient (Wildman–Crippen LogP) is 5.52. The number of nitro groups is 1. The third-order valence-electron chi connectivity index (χ3n) is 6.83. The number of hydrogen-bond donors (Lipinski definition) is 1. The Bertz CT molecular complexity index is 1120. The maximum absolute atomic E-state index is 13.3. The molecule has 2 aliphatic heterocycles. The molecule has 0 aromatic heterocycles. The molecule has 2 fully saturated rings. The van der Waals surface area contributed by atoms with E-state index in [-0.39, 0.29) is 25.1 Å².